The first kappa shape index (κ1) is 6.12. The van der Waals surface area contributed by atoms with Crippen LogP contribution in [0.2, 0.25) is 0 Å². The van der Waals surface area contributed by atoms with Crippen molar-refractivity contribution in [3.8, 4) is 0 Å². The van der Waals surface area contributed by atoms with Crippen LogP contribution in [0.25, 0.3) is 0 Å². The fourth-order valence-electron chi connectivity index (χ4n) is 1.56. The molecule has 2 aliphatic rings. The second-order valence-corrected chi connectivity index (χ2v) is 2.84. The summed E-state index contributed by atoms with van der Waals surface area (Å²) >= 11 is 0. The first-order valence-electron chi connectivity index (χ1n) is 3.64. The number of hydrogen-bond acceptors (Lipinski definition) is 3. The molecule has 56 valence electrons. The molecule has 2 atom stereocenters. The summed E-state index contributed by atoms with van der Waals surface area (Å²) in [7, 11) is 0. The van der Waals surface area contributed by atoms with E-state index < -0.39 is 0 Å². The molecule has 0 aromatic heterocycles. The third-order valence-corrected chi connectivity index (χ3v) is 2.20. The van der Waals surface area contributed by atoms with Gasteiger partial charge in [-0.2, -0.15) is 0 Å². The van der Waals surface area contributed by atoms with Crippen LogP contribution >= 0.6 is 0 Å². The summed E-state index contributed by atoms with van der Waals surface area (Å²) in [6, 6.07) is 0.369. The molecule has 0 bridgehead atoms. The van der Waals surface area contributed by atoms with Gasteiger partial charge in [-0.05, 0) is 13.0 Å². The predicted molar refractivity (Wildman–Crippen MR) is 36.0 cm³/mol. The Hall–Kier alpha value is -0.610. The van der Waals surface area contributed by atoms with Crippen LogP contribution in [-0.4, -0.2) is 25.0 Å². The summed E-state index contributed by atoms with van der Waals surface area (Å²) in [5.41, 5.74) is 5.60. The molecule has 0 aromatic carbocycles. The van der Waals surface area contributed by atoms with E-state index in [2.05, 4.69) is 16.2 Å². The number of amides is 1. The second-order valence-electron chi connectivity index (χ2n) is 2.84. The molecule has 2 aliphatic heterocycles. The van der Waals surface area contributed by atoms with E-state index in [1.165, 1.54) is 0 Å². The Morgan fingerprint density at radius 3 is 3.20 bits per heavy atom. The van der Waals surface area contributed by atoms with Crippen LogP contribution in [0.4, 0.5) is 0 Å². The number of rotatable bonds is 0. The maximum absolute atomic E-state index is 11.0. The lowest BCUT2D eigenvalue weighted by Gasteiger charge is -2.22. The standard InChI is InChI=1S/C6H11N3O/c10-6-4-3-7-2-1-5(4)8-9-6/h4-5,7-8H,1-3H2,(H,9,10). The molecule has 10 heavy (non-hydrogen) atoms. The highest BCUT2D eigenvalue weighted by molar-refractivity contribution is 5.81. The van der Waals surface area contributed by atoms with Crippen molar-refractivity contribution in [2.75, 3.05) is 13.1 Å². The number of fused-ring (bicyclic) bond motifs is 1. The quantitative estimate of drug-likeness (QED) is 0.389. The van der Waals surface area contributed by atoms with Gasteiger partial charge in [-0.15, -0.1) is 0 Å². The van der Waals surface area contributed by atoms with Gasteiger partial charge in [-0.25, -0.2) is 5.43 Å². The molecule has 0 radical (unpaired) electrons. The molecule has 4 heteroatoms. The van der Waals surface area contributed by atoms with Gasteiger partial charge in [-0.1, -0.05) is 0 Å². The van der Waals surface area contributed by atoms with E-state index in [0.29, 0.717) is 6.04 Å². The van der Waals surface area contributed by atoms with Crippen molar-refractivity contribution in [2.45, 2.75) is 12.5 Å². The molecule has 0 spiro atoms. The van der Waals surface area contributed by atoms with E-state index in [-0.39, 0.29) is 11.8 Å². The lowest BCUT2D eigenvalue weighted by Crippen LogP contribution is -2.43. The summed E-state index contributed by atoms with van der Waals surface area (Å²) in [6.45, 7) is 1.84. The zero-order valence-corrected chi connectivity index (χ0v) is 5.68. The van der Waals surface area contributed by atoms with Crippen molar-refractivity contribution in [2.24, 2.45) is 5.92 Å². The average Bonchev–Trinajstić information content (AvgIpc) is 2.34. The van der Waals surface area contributed by atoms with E-state index in [1.807, 2.05) is 0 Å². The molecular weight excluding hydrogens is 130 g/mol. The Bertz CT molecular complexity index is 159. The highest BCUT2D eigenvalue weighted by Gasteiger charge is 2.35. The molecule has 0 saturated carbocycles. The van der Waals surface area contributed by atoms with Crippen LogP contribution in [0.3, 0.4) is 0 Å². The van der Waals surface area contributed by atoms with E-state index in [0.717, 1.165) is 19.5 Å². The topological polar surface area (TPSA) is 53.2 Å². The largest absolute Gasteiger partial charge is 0.316 e. The monoisotopic (exact) mass is 141 g/mol. The molecular formula is C6H11N3O. The molecule has 2 saturated heterocycles. The van der Waals surface area contributed by atoms with Crippen molar-refractivity contribution in [3.05, 3.63) is 0 Å². The Labute approximate surface area is 59.3 Å². The van der Waals surface area contributed by atoms with Crippen LogP contribution in [0.5, 0.6) is 0 Å². The maximum atomic E-state index is 11.0. The van der Waals surface area contributed by atoms with E-state index in [9.17, 15) is 4.79 Å². The minimum atomic E-state index is 0.136. The fourth-order valence-corrected chi connectivity index (χ4v) is 1.56. The molecule has 3 N–H and O–H groups in total. The minimum Gasteiger partial charge on any atom is -0.316 e. The number of carbonyl (C=O) groups excluding carboxylic acids is 1. The highest BCUT2D eigenvalue weighted by atomic mass is 16.2. The number of nitrogens with one attached hydrogen (secondary N) is 3. The maximum Gasteiger partial charge on any atom is 0.240 e. The summed E-state index contributed by atoms with van der Waals surface area (Å²) in [4.78, 5) is 11.0. The summed E-state index contributed by atoms with van der Waals surface area (Å²) in [5.74, 6) is 0.297. The lowest BCUT2D eigenvalue weighted by atomic mass is 9.95. The first-order valence-corrected chi connectivity index (χ1v) is 3.64. The van der Waals surface area contributed by atoms with Crippen molar-refractivity contribution in [3.63, 3.8) is 0 Å². The number of carbonyl (C=O) groups is 1. The minimum absolute atomic E-state index is 0.136. The fraction of sp³-hybridized carbons (Fsp3) is 0.833. The number of hydrogen-bond donors (Lipinski definition) is 3. The third kappa shape index (κ3) is 0.803. The Kier molecular flexibility index (Phi) is 1.35. The smallest absolute Gasteiger partial charge is 0.240 e. The Balaban J connectivity index is 2.08. The van der Waals surface area contributed by atoms with Crippen LogP contribution in [-0.2, 0) is 4.79 Å². The van der Waals surface area contributed by atoms with Crippen LogP contribution in [0.15, 0.2) is 0 Å². The zero-order valence-electron chi connectivity index (χ0n) is 5.68. The average molecular weight is 141 g/mol. The van der Waals surface area contributed by atoms with Crippen LogP contribution in [0.1, 0.15) is 6.42 Å². The van der Waals surface area contributed by atoms with Gasteiger partial charge >= 0.3 is 0 Å². The molecule has 4 nitrogen and oxygen atoms in total. The van der Waals surface area contributed by atoms with Gasteiger partial charge in [0.2, 0.25) is 5.91 Å². The van der Waals surface area contributed by atoms with Crippen LogP contribution in [0, 0.1) is 5.92 Å². The van der Waals surface area contributed by atoms with Gasteiger partial charge in [0.25, 0.3) is 0 Å². The number of piperidine rings is 1. The Morgan fingerprint density at radius 1 is 1.50 bits per heavy atom. The van der Waals surface area contributed by atoms with Crippen molar-refractivity contribution in [1.82, 2.24) is 16.2 Å². The van der Waals surface area contributed by atoms with E-state index >= 15 is 0 Å². The normalized spacial score (nSPS) is 39.0. The summed E-state index contributed by atoms with van der Waals surface area (Å²) in [6.07, 6.45) is 1.05. The molecule has 2 unspecified atom stereocenters. The molecule has 2 rings (SSSR count). The van der Waals surface area contributed by atoms with Gasteiger partial charge < -0.3 is 5.32 Å². The third-order valence-electron chi connectivity index (χ3n) is 2.20. The lowest BCUT2D eigenvalue weighted by molar-refractivity contribution is -0.122. The zero-order chi connectivity index (χ0) is 6.97. The molecule has 2 fully saturated rings. The summed E-state index contributed by atoms with van der Waals surface area (Å²) in [5, 5.41) is 3.19. The highest BCUT2D eigenvalue weighted by Crippen LogP contribution is 2.14. The van der Waals surface area contributed by atoms with Crippen molar-refractivity contribution >= 4 is 5.91 Å². The van der Waals surface area contributed by atoms with Gasteiger partial charge in [-0.3, -0.25) is 10.2 Å². The van der Waals surface area contributed by atoms with Gasteiger partial charge in [0.1, 0.15) is 0 Å². The second kappa shape index (κ2) is 2.21. The molecule has 2 heterocycles. The predicted octanol–water partition coefficient (Wildman–Crippen LogP) is -1.40. The van der Waals surface area contributed by atoms with E-state index in [4.69, 9.17) is 0 Å². The molecule has 0 aromatic rings. The number of hydrazine groups is 1. The molecule has 1 amide bonds. The molecule has 0 aliphatic carbocycles. The first-order chi connectivity index (χ1) is 4.88. The van der Waals surface area contributed by atoms with Crippen molar-refractivity contribution in [1.29, 1.82) is 0 Å². The SMILES string of the molecule is O=C1NNC2CCNCC12. The Morgan fingerprint density at radius 2 is 2.40 bits per heavy atom. The summed E-state index contributed by atoms with van der Waals surface area (Å²) < 4.78 is 0. The van der Waals surface area contributed by atoms with Crippen molar-refractivity contribution < 1.29 is 4.79 Å². The van der Waals surface area contributed by atoms with Gasteiger partial charge in [0.05, 0.1) is 5.92 Å². The van der Waals surface area contributed by atoms with E-state index in [1.54, 1.807) is 0 Å². The van der Waals surface area contributed by atoms with Gasteiger partial charge in [0.15, 0.2) is 0 Å². The van der Waals surface area contributed by atoms with Gasteiger partial charge in [0, 0.05) is 12.6 Å². The van der Waals surface area contributed by atoms with Crippen LogP contribution < -0.4 is 16.2 Å².